The summed E-state index contributed by atoms with van der Waals surface area (Å²) in [5, 5.41) is 3.66. The van der Waals surface area contributed by atoms with Gasteiger partial charge in [-0.15, -0.1) is 0 Å². The standard InChI is InChI=1S/C18H30N2O/c1-3-20-17(13-15-9-8-12-19-14-15)18(21-4-2)16-10-6-5-7-11-16/h8-9,12,14,16-18,20H,3-7,10-11,13H2,1-2H3. The highest BCUT2D eigenvalue weighted by Crippen LogP contribution is 2.30. The molecule has 2 unspecified atom stereocenters. The van der Waals surface area contributed by atoms with Crippen LogP contribution in [0, 0.1) is 5.92 Å². The van der Waals surface area contributed by atoms with E-state index in [0.717, 1.165) is 19.6 Å². The molecule has 1 fully saturated rings. The van der Waals surface area contributed by atoms with E-state index in [1.807, 2.05) is 18.5 Å². The largest absolute Gasteiger partial charge is 0.377 e. The molecule has 0 aliphatic heterocycles. The normalized spacial score (nSPS) is 19.3. The molecule has 0 amide bonds. The number of hydrogen-bond acceptors (Lipinski definition) is 3. The van der Waals surface area contributed by atoms with Crippen LogP contribution >= 0.6 is 0 Å². The number of nitrogens with zero attached hydrogens (tertiary/aromatic N) is 1. The highest BCUT2D eigenvalue weighted by Gasteiger charge is 2.30. The van der Waals surface area contributed by atoms with Gasteiger partial charge in [-0.2, -0.15) is 0 Å². The van der Waals surface area contributed by atoms with Crippen LogP contribution in [0.25, 0.3) is 0 Å². The summed E-state index contributed by atoms with van der Waals surface area (Å²) >= 11 is 0. The number of likely N-dealkylation sites (N-methyl/N-ethyl adjacent to an activating group) is 1. The topological polar surface area (TPSA) is 34.2 Å². The predicted molar refractivity (Wildman–Crippen MR) is 87.4 cm³/mol. The molecule has 3 nitrogen and oxygen atoms in total. The first-order valence-corrected chi connectivity index (χ1v) is 8.59. The molecule has 0 radical (unpaired) electrons. The quantitative estimate of drug-likeness (QED) is 0.794. The fourth-order valence-corrected chi connectivity index (χ4v) is 3.58. The predicted octanol–water partition coefficient (Wildman–Crippen LogP) is 3.59. The van der Waals surface area contributed by atoms with E-state index in [-0.39, 0.29) is 0 Å². The van der Waals surface area contributed by atoms with Crippen LogP contribution in [0.5, 0.6) is 0 Å². The zero-order chi connectivity index (χ0) is 14.9. The fraction of sp³-hybridized carbons (Fsp3) is 0.722. The molecule has 21 heavy (non-hydrogen) atoms. The van der Waals surface area contributed by atoms with Gasteiger partial charge in [-0.3, -0.25) is 4.98 Å². The number of hydrogen-bond donors (Lipinski definition) is 1. The van der Waals surface area contributed by atoms with E-state index in [4.69, 9.17) is 4.74 Å². The molecule has 0 aromatic carbocycles. The lowest BCUT2D eigenvalue weighted by Gasteiger charge is -2.36. The molecule has 1 aliphatic carbocycles. The summed E-state index contributed by atoms with van der Waals surface area (Å²) in [4.78, 5) is 4.25. The minimum Gasteiger partial charge on any atom is -0.377 e. The molecule has 1 saturated carbocycles. The summed E-state index contributed by atoms with van der Waals surface area (Å²) in [5.41, 5.74) is 1.30. The van der Waals surface area contributed by atoms with E-state index < -0.39 is 0 Å². The van der Waals surface area contributed by atoms with Gasteiger partial charge in [0.2, 0.25) is 0 Å². The molecule has 1 aromatic rings. The van der Waals surface area contributed by atoms with Crippen LogP contribution in [-0.4, -0.2) is 30.3 Å². The Bertz CT molecular complexity index is 376. The highest BCUT2D eigenvalue weighted by atomic mass is 16.5. The maximum Gasteiger partial charge on any atom is 0.0759 e. The number of nitrogens with one attached hydrogen (secondary N) is 1. The van der Waals surface area contributed by atoms with E-state index in [0.29, 0.717) is 18.1 Å². The molecule has 0 saturated heterocycles. The van der Waals surface area contributed by atoms with Gasteiger partial charge in [0.1, 0.15) is 0 Å². The number of ether oxygens (including phenoxy) is 1. The minimum absolute atomic E-state index is 0.329. The first-order chi connectivity index (χ1) is 10.3. The van der Waals surface area contributed by atoms with Gasteiger partial charge in [0.05, 0.1) is 6.10 Å². The average molecular weight is 290 g/mol. The van der Waals surface area contributed by atoms with Crippen molar-refractivity contribution in [2.24, 2.45) is 5.92 Å². The molecule has 2 atom stereocenters. The van der Waals surface area contributed by atoms with Crippen molar-refractivity contribution >= 4 is 0 Å². The second kappa shape index (κ2) is 9.16. The lowest BCUT2D eigenvalue weighted by atomic mass is 9.81. The smallest absolute Gasteiger partial charge is 0.0759 e. The number of aromatic nitrogens is 1. The number of pyridine rings is 1. The van der Waals surface area contributed by atoms with Crippen molar-refractivity contribution in [2.75, 3.05) is 13.2 Å². The molecule has 1 aromatic heterocycles. The maximum absolute atomic E-state index is 6.19. The molecule has 0 bridgehead atoms. The van der Waals surface area contributed by atoms with Gasteiger partial charge in [0.25, 0.3) is 0 Å². The van der Waals surface area contributed by atoms with E-state index in [1.54, 1.807) is 0 Å². The zero-order valence-electron chi connectivity index (χ0n) is 13.6. The summed E-state index contributed by atoms with van der Waals surface area (Å²) < 4.78 is 6.19. The molecule has 1 aliphatic rings. The Kier molecular flexibility index (Phi) is 7.17. The monoisotopic (exact) mass is 290 g/mol. The van der Waals surface area contributed by atoms with E-state index >= 15 is 0 Å². The third-order valence-corrected chi connectivity index (χ3v) is 4.51. The maximum atomic E-state index is 6.19. The van der Waals surface area contributed by atoms with Crippen LogP contribution in [0.4, 0.5) is 0 Å². The first kappa shape index (κ1) is 16.4. The molecule has 1 N–H and O–H groups in total. The van der Waals surface area contributed by atoms with Gasteiger partial charge in [0.15, 0.2) is 0 Å². The summed E-state index contributed by atoms with van der Waals surface area (Å²) in [7, 11) is 0. The number of rotatable bonds is 8. The Morgan fingerprint density at radius 1 is 1.29 bits per heavy atom. The van der Waals surface area contributed by atoms with E-state index in [9.17, 15) is 0 Å². The van der Waals surface area contributed by atoms with Crippen molar-refractivity contribution in [2.45, 2.75) is 64.5 Å². The Hall–Kier alpha value is -0.930. The average Bonchev–Trinajstić information content (AvgIpc) is 2.54. The Morgan fingerprint density at radius 3 is 2.71 bits per heavy atom. The second-order valence-electron chi connectivity index (χ2n) is 6.05. The van der Waals surface area contributed by atoms with Crippen molar-refractivity contribution < 1.29 is 4.74 Å². The summed E-state index contributed by atoms with van der Waals surface area (Å²) in [5.74, 6) is 0.708. The van der Waals surface area contributed by atoms with Crippen LogP contribution in [0.1, 0.15) is 51.5 Å². The van der Waals surface area contributed by atoms with Crippen LogP contribution < -0.4 is 5.32 Å². The van der Waals surface area contributed by atoms with Gasteiger partial charge < -0.3 is 10.1 Å². The third kappa shape index (κ3) is 5.08. The first-order valence-electron chi connectivity index (χ1n) is 8.59. The molecular formula is C18H30N2O. The fourth-order valence-electron chi connectivity index (χ4n) is 3.58. The lowest BCUT2D eigenvalue weighted by molar-refractivity contribution is -0.0171. The SMILES string of the molecule is CCNC(Cc1cccnc1)C(OCC)C1CCCCC1. The third-order valence-electron chi connectivity index (χ3n) is 4.51. The van der Waals surface area contributed by atoms with E-state index in [2.05, 4.69) is 30.2 Å². The summed E-state index contributed by atoms with van der Waals surface area (Å²) in [6.45, 7) is 6.08. The summed E-state index contributed by atoms with van der Waals surface area (Å²) in [6.07, 6.45) is 11.9. The van der Waals surface area contributed by atoms with Crippen molar-refractivity contribution in [1.82, 2.24) is 10.3 Å². The van der Waals surface area contributed by atoms with Gasteiger partial charge in [-0.05, 0) is 50.3 Å². The molecule has 1 heterocycles. The van der Waals surface area contributed by atoms with Crippen molar-refractivity contribution in [1.29, 1.82) is 0 Å². The lowest BCUT2D eigenvalue weighted by Crippen LogP contribution is -2.47. The van der Waals surface area contributed by atoms with Crippen LogP contribution in [-0.2, 0) is 11.2 Å². The van der Waals surface area contributed by atoms with Crippen molar-refractivity contribution in [3.63, 3.8) is 0 Å². The van der Waals surface area contributed by atoms with E-state index in [1.165, 1.54) is 37.7 Å². The molecule has 3 heteroatoms. The Balaban J connectivity index is 2.07. The molecule has 2 rings (SSSR count). The van der Waals surface area contributed by atoms with Crippen LogP contribution in [0.2, 0.25) is 0 Å². The minimum atomic E-state index is 0.329. The molecule has 0 spiro atoms. The zero-order valence-corrected chi connectivity index (χ0v) is 13.6. The summed E-state index contributed by atoms with van der Waals surface area (Å²) in [6, 6.07) is 4.58. The van der Waals surface area contributed by atoms with Gasteiger partial charge >= 0.3 is 0 Å². The highest BCUT2D eigenvalue weighted by molar-refractivity contribution is 5.11. The Labute approximate surface area is 129 Å². The van der Waals surface area contributed by atoms with Gasteiger partial charge in [-0.1, -0.05) is 32.3 Å². The second-order valence-corrected chi connectivity index (χ2v) is 6.05. The van der Waals surface area contributed by atoms with Crippen LogP contribution in [0.15, 0.2) is 24.5 Å². The molecular weight excluding hydrogens is 260 g/mol. The van der Waals surface area contributed by atoms with Crippen molar-refractivity contribution in [3.05, 3.63) is 30.1 Å². The molecule has 118 valence electrons. The Morgan fingerprint density at radius 2 is 2.10 bits per heavy atom. The van der Waals surface area contributed by atoms with Crippen molar-refractivity contribution in [3.8, 4) is 0 Å². The van der Waals surface area contributed by atoms with Gasteiger partial charge in [-0.25, -0.2) is 0 Å². The van der Waals surface area contributed by atoms with Gasteiger partial charge in [0, 0.05) is 25.0 Å². The van der Waals surface area contributed by atoms with Crippen LogP contribution in [0.3, 0.4) is 0 Å².